The predicted molar refractivity (Wildman–Crippen MR) is 91.8 cm³/mol. The number of nitrogens with one attached hydrogen (secondary N) is 1. The van der Waals surface area contributed by atoms with Gasteiger partial charge >= 0.3 is 0 Å². The van der Waals surface area contributed by atoms with Crippen molar-refractivity contribution in [3.8, 4) is 0 Å². The van der Waals surface area contributed by atoms with Crippen LogP contribution in [-0.2, 0) is 0 Å². The second-order valence-electron chi connectivity index (χ2n) is 6.31. The molecule has 0 spiro atoms. The number of pyridine rings is 1. The summed E-state index contributed by atoms with van der Waals surface area (Å²) < 4.78 is 0. The van der Waals surface area contributed by atoms with Gasteiger partial charge in [-0.15, -0.1) is 0 Å². The molecule has 23 heavy (non-hydrogen) atoms. The van der Waals surface area contributed by atoms with Crippen LogP contribution in [0.1, 0.15) is 37.0 Å². The molecule has 0 aromatic carbocycles. The van der Waals surface area contributed by atoms with E-state index in [9.17, 15) is 9.90 Å². The van der Waals surface area contributed by atoms with Gasteiger partial charge in [-0.25, -0.2) is 4.98 Å². The normalized spacial score (nSPS) is 16.4. The zero-order valence-corrected chi connectivity index (χ0v) is 14.4. The molecule has 2 rings (SSSR count). The summed E-state index contributed by atoms with van der Waals surface area (Å²) in [5.74, 6) is 0.676. The second-order valence-corrected chi connectivity index (χ2v) is 6.31. The van der Waals surface area contributed by atoms with Crippen molar-refractivity contribution in [2.45, 2.75) is 32.3 Å². The van der Waals surface area contributed by atoms with Gasteiger partial charge in [0.15, 0.2) is 0 Å². The summed E-state index contributed by atoms with van der Waals surface area (Å²) in [4.78, 5) is 21.2. The van der Waals surface area contributed by atoms with E-state index in [4.69, 9.17) is 0 Å². The average Bonchev–Trinajstić information content (AvgIpc) is 2.60. The van der Waals surface area contributed by atoms with Crippen LogP contribution in [0.15, 0.2) is 18.3 Å². The Labute approximate surface area is 138 Å². The molecule has 6 nitrogen and oxygen atoms in total. The maximum atomic E-state index is 12.3. The van der Waals surface area contributed by atoms with Crippen LogP contribution in [0.25, 0.3) is 0 Å². The first-order chi connectivity index (χ1) is 11.0. The number of aliphatic hydroxyl groups is 1. The lowest BCUT2D eigenvalue weighted by Gasteiger charge is -2.33. The van der Waals surface area contributed by atoms with Crippen molar-refractivity contribution < 1.29 is 9.90 Å². The molecule has 1 amide bonds. The fraction of sp³-hybridized carbons (Fsp3) is 0.647. The molecule has 1 aromatic heterocycles. The summed E-state index contributed by atoms with van der Waals surface area (Å²) >= 11 is 0. The summed E-state index contributed by atoms with van der Waals surface area (Å²) in [6.45, 7) is 7.95. The van der Waals surface area contributed by atoms with Crippen molar-refractivity contribution in [3.05, 3.63) is 23.9 Å². The van der Waals surface area contributed by atoms with Crippen LogP contribution in [-0.4, -0.2) is 66.3 Å². The first-order valence-corrected chi connectivity index (χ1v) is 8.37. The highest BCUT2D eigenvalue weighted by Crippen LogP contribution is 2.16. The van der Waals surface area contributed by atoms with E-state index in [2.05, 4.69) is 27.1 Å². The largest absolute Gasteiger partial charge is 0.388 e. The lowest BCUT2D eigenvalue weighted by Crippen LogP contribution is -2.45. The Morgan fingerprint density at radius 3 is 2.57 bits per heavy atom. The minimum Gasteiger partial charge on any atom is -0.388 e. The fourth-order valence-corrected chi connectivity index (χ4v) is 2.61. The minimum absolute atomic E-state index is 0.164. The molecule has 1 aliphatic rings. The Hall–Kier alpha value is -1.66. The molecule has 0 saturated carbocycles. The topological polar surface area (TPSA) is 68.7 Å². The van der Waals surface area contributed by atoms with Crippen molar-refractivity contribution in [2.75, 3.05) is 44.7 Å². The number of carbonyl (C=O) groups is 1. The zero-order valence-electron chi connectivity index (χ0n) is 14.4. The van der Waals surface area contributed by atoms with E-state index in [1.807, 2.05) is 19.9 Å². The lowest BCUT2D eigenvalue weighted by atomic mass is 9.97. The van der Waals surface area contributed by atoms with Crippen LogP contribution in [0.2, 0.25) is 0 Å². The highest BCUT2D eigenvalue weighted by atomic mass is 16.3. The van der Waals surface area contributed by atoms with E-state index in [-0.39, 0.29) is 12.5 Å². The van der Waals surface area contributed by atoms with Crippen LogP contribution < -0.4 is 10.2 Å². The fourth-order valence-electron chi connectivity index (χ4n) is 2.61. The summed E-state index contributed by atoms with van der Waals surface area (Å²) in [6.07, 6.45) is 2.91. The van der Waals surface area contributed by atoms with Crippen LogP contribution in [0.4, 0.5) is 5.82 Å². The van der Waals surface area contributed by atoms with Crippen LogP contribution in [0.3, 0.4) is 0 Å². The maximum Gasteiger partial charge on any atom is 0.251 e. The molecule has 1 saturated heterocycles. The van der Waals surface area contributed by atoms with Gasteiger partial charge in [0.1, 0.15) is 5.82 Å². The Morgan fingerprint density at radius 2 is 1.96 bits per heavy atom. The summed E-state index contributed by atoms with van der Waals surface area (Å²) in [5, 5.41) is 13.1. The average molecular weight is 320 g/mol. The molecule has 1 fully saturated rings. The third-order valence-electron chi connectivity index (χ3n) is 4.73. The minimum atomic E-state index is -0.830. The predicted octanol–water partition coefficient (Wildman–Crippen LogP) is 1.11. The Bertz CT molecular complexity index is 523. The number of nitrogens with zero attached hydrogens (tertiary/aromatic N) is 3. The van der Waals surface area contributed by atoms with Gasteiger partial charge in [-0.1, -0.05) is 13.8 Å². The number of piperazine rings is 1. The van der Waals surface area contributed by atoms with Crippen molar-refractivity contribution >= 4 is 11.7 Å². The molecule has 128 valence electrons. The van der Waals surface area contributed by atoms with E-state index >= 15 is 0 Å². The second kappa shape index (κ2) is 7.75. The molecular weight excluding hydrogens is 292 g/mol. The van der Waals surface area contributed by atoms with E-state index in [1.54, 1.807) is 12.3 Å². The smallest absolute Gasteiger partial charge is 0.251 e. The van der Waals surface area contributed by atoms with Gasteiger partial charge in [-0.3, -0.25) is 4.79 Å². The SMILES string of the molecule is CCC(O)(CC)CNC(=O)c1ccnc(N2CCN(C)CC2)c1. The standard InChI is InChI=1S/C17H28N4O2/c1-4-17(23,5-2)13-19-16(22)14-6-7-18-15(12-14)21-10-8-20(3)9-11-21/h6-7,12,23H,4-5,8-11,13H2,1-3H3,(H,19,22). The Morgan fingerprint density at radius 1 is 1.30 bits per heavy atom. The monoisotopic (exact) mass is 320 g/mol. The van der Waals surface area contributed by atoms with Crippen molar-refractivity contribution in [2.24, 2.45) is 0 Å². The zero-order chi connectivity index (χ0) is 16.9. The maximum absolute atomic E-state index is 12.3. The Kier molecular flexibility index (Phi) is 5.96. The molecular formula is C17H28N4O2. The number of rotatable bonds is 6. The molecule has 2 N–H and O–H groups in total. The van der Waals surface area contributed by atoms with Crippen molar-refractivity contribution in [3.63, 3.8) is 0 Å². The van der Waals surface area contributed by atoms with Crippen molar-refractivity contribution in [1.29, 1.82) is 0 Å². The number of aromatic nitrogens is 1. The van der Waals surface area contributed by atoms with Crippen LogP contribution in [0.5, 0.6) is 0 Å². The third-order valence-corrected chi connectivity index (χ3v) is 4.73. The number of anilines is 1. The molecule has 6 heteroatoms. The first kappa shape index (κ1) is 17.7. The number of carbonyl (C=O) groups excluding carboxylic acids is 1. The van der Waals surface area contributed by atoms with Crippen molar-refractivity contribution in [1.82, 2.24) is 15.2 Å². The quantitative estimate of drug-likeness (QED) is 0.822. The molecule has 0 aliphatic carbocycles. The lowest BCUT2D eigenvalue weighted by molar-refractivity contribution is 0.0314. The molecule has 0 bridgehead atoms. The Balaban J connectivity index is 2.00. The van der Waals surface area contributed by atoms with Gasteiger partial charge in [0.25, 0.3) is 5.91 Å². The summed E-state index contributed by atoms with van der Waals surface area (Å²) in [5.41, 5.74) is -0.244. The highest BCUT2D eigenvalue weighted by Gasteiger charge is 2.23. The molecule has 0 radical (unpaired) electrons. The van der Waals surface area contributed by atoms with E-state index in [1.165, 1.54) is 0 Å². The summed E-state index contributed by atoms with van der Waals surface area (Å²) in [6, 6.07) is 3.55. The van der Waals surface area contributed by atoms with E-state index < -0.39 is 5.60 Å². The molecule has 1 aliphatic heterocycles. The van der Waals surface area contributed by atoms with Gasteiger partial charge in [0.2, 0.25) is 0 Å². The van der Waals surface area contributed by atoms with E-state index in [0.717, 1.165) is 32.0 Å². The van der Waals surface area contributed by atoms with Gasteiger partial charge in [0, 0.05) is 44.5 Å². The number of amides is 1. The molecule has 0 atom stereocenters. The molecule has 1 aromatic rings. The molecule has 2 heterocycles. The van der Waals surface area contributed by atoms with Crippen LogP contribution in [0, 0.1) is 0 Å². The molecule has 0 unspecified atom stereocenters. The number of hydrogen-bond donors (Lipinski definition) is 2. The first-order valence-electron chi connectivity index (χ1n) is 8.37. The third kappa shape index (κ3) is 4.65. The van der Waals surface area contributed by atoms with Gasteiger partial charge < -0.3 is 20.2 Å². The highest BCUT2D eigenvalue weighted by molar-refractivity contribution is 5.94. The summed E-state index contributed by atoms with van der Waals surface area (Å²) in [7, 11) is 2.11. The number of likely N-dealkylation sites (N-methyl/N-ethyl adjacent to an activating group) is 1. The van der Waals surface area contributed by atoms with Gasteiger partial charge in [0.05, 0.1) is 5.60 Å². The van der Waals surface area contributed by atoms with E-state index in [0.29, 0.717) is 18.4 Å². The van der Waals surface area contributed by atoms with Gasteiger partial charge in [-0.2, -0.15) is 0 Å². The van der Waals surface area contributed by atoms with Gasteiger partial charge in [-0.05, 0) is 32.0 Å². The van der Waals surface area contributed by atoms with Crippen LogP contribution >= 0.6 is 0 Å². The number of hydrogen-bond acceptors (Lipinski definition) is 5.